The van der Waals surface area contributed by atoms with E-state index in [0.717, 1.165) is 54.7 Å². The number of thiazole rings is 2. The summed E-state index contributed by atoms with van der Waals surface area (Å²) in [6.07, 6.45) is -2.60. The van der Waals surface area contributed by atoms with Gasteiger partial charge >= 0.3 is 6.18 Å². The summed E-state index contributed by atoms with van der Waals surface area (Å²) in [6.45, 7) is 4.81. The highest BCUT2D eigenvalue weighted by Gasteiger charge is 2.30. The van der Waals surface area contributed by atoms with Crippen LogP contribution in [0.3, 0.4) is 0 Å². The van der Waals surface area contributed by atoms with Crippen molar-refractivity contribution >= 4 is 27.6 Å². The molecular weight excluding hydrogens is 471 g/mol. The van der Waals surface area contributed by atoms with E-state index in [1.54, 1.807) is 16.7 Å². The van der Waals surface area contributed by atoms with Crippen LogP contribution in [-0.4, -0.2) is 50.3 Å². The number of hydrogen-bond acceptors (Lipinski definition) is 7. The van der Waals surface area contributed by atoms with Gasteiger partial charge in [0.25, 0.3) is 5.56 Å². The van der Waals surface area contributed by atoms with Gasteiger partial charge in [-0.05, 0) is 12.1 Å². The average Bonchev–Trinajstić information content (AvgIpc) is 3.45. The molecule has 0 atom stereocenters. The third kappa shape index (κ3) is 5.01. The van der Waals surface area contributed by atoms with Crippen LogP contribution in [-0.2, 0) is 19.3 Å². The Morgan fingerprint density at radius 3 is 2.24 bits per heavy atom. The Morgan fingerprint density at radius 1 is 0.909 bits per heavy atom. The number of rotatable bonds is 5. The molecule has 5 rings (SSSR count). The lowest BCUT2D eigenvalue weighted by atomic mass is 10.1. The Labute approximate surface area is 195 Å². The first kappa shape index (κ1) is 22.2. The van der Waals surface area contributed by atoms with Gasteiger partial charge in [-0.1, -0.05) is 12.1 Å². The molecule has 1 aliphatic heterocycles. The molecule has 172 valence electrons. The van der Waals surface area contributed by atoms with Crippen LogP contribution in [0.25, 0.3) is 15.5 Å². The Bertz CT molecular complexity index is 1300. The molecule has 4 aromatic rings. The van der Waals surface area contributed by atoms with Gasteiger partial charge in [-0.2, -0.15) is 13.2 Å². The maximum Gasteiger partial charge on any atom is 0.416 e. The van der Waals surface area contributed by atoms with Gasteiger partial charge in [-0.3, -0.25) is 19.0 Å². The predicted octanol–water partition coefficient (Wildman–Crippen LogP) is 4.22. The first-order chi connectivity index (χ1) is 15.8. The van der Waals surface area contributed by atoms with E-state index in [1.165, 1.54) is 34.8 Å². The van der Waals surface area contributed by atoms with Crippen molar-refractivity contribution in [3.63, 3.8) is 0 Å². The van der Waals surface area contributed by atoms with Crippen molar-refractivity contribution < 1.29 is 13.2 Å². The van der Waals surface area contributed by atoms with Crippen LogP contribution in [0.2, 0.25) is 0 Å². The minimum Gasteiger partial charge on any atom is -0.295 e. The van der Waals surface area contributed by atoms with E-state index in [9.17, 15) is 18.0 Å². The predicted molar refractivity (Wildman–Crippen MR) is 122 cm³/mol. The number of piperazine rings is 1. The standard InChI is InChI=1S/C22H20F3N5OS2/c23-22(24,25)16-3-1-15(2-4-16)20-26-18(14-33-20)13-29-7-5-28(6-8-29)12-17-11-19(31)30-9-10-32-21(30)27-17/h1-4,9-11,14H,5-8,12-13H2. The number of alkyl halides is 3. The maximum absolute atomic E-state index is 12.8. The van der Waals surface area contributed by atoms with Gasteiger partial charge in [0, 0.05) is 67.9 Å². The largest absolute Gasteiger partial charge is 0.416 e. The SMILES string of the molecule is O=c1cc(CN2CCN(Cc3csc(-c4ccc(C(F)(F)F)cc4)n3)CC2)nc2sccn12. The minimum absolute atomic E-state index is 0.0535. The quantitative estimate of drug-likeness (QED) is 0.419. The maximum atomic E-state index is 12.8. The Kier molecular flexibility index (Phi) is 6.04. The highest BCUT2D eigenvalue weighted by Crippen LogP contribution is 2.32. The second-order valence-corrected chi connectivity index (χ2v) is 9.64. The van der Waals surface area contributed by atoms with Crippen LogP contribution in [0.4, 0.5) is 13.2 Å². The van der Waals surface area contributed by atoms with Crippen molar-refractivity contribution in [1.29, 1.82) is 0 Å². The zero-order valence-corrected chi connectivity index (χ0v) is 19.1. The molecule has 1 aromatic carbocycles. The third-order valence-corrected chi connectivity index (χ3v) is 7.30. The summed E-state index contributed by atoms with van der Waals surface area (Å²) >= 11 is 2.89. The molecule has 1 fully saturated rings. The summed E-state index contributed by atoms with van der Waals surface area (Å²) in [5.74, 6) is 0. The van der Waals surface area contributed by atoms with E-state index in [-0.39, 0.29) is 5.56 Å². The number of nitrogens with zero attached hydrogens (tertiary/aromatic N) is 5. The molecule has 1 saturated heterocycles. The van der Waals surface area contributed by atoms with Crippen molar-refractivity contribution in [2.45, 2.75) is 19.3 Å². The highest BCUT2D eigenvalue weighted by atomic mass is 32.1. The third-order valence-electron chi connectivity index (χ3n) is 5.60. The van der Waals surface area contributed by atoms with E-state index in [4.69, 9.17) is 0 Å². The fraction of sp³-hybridized carbons (Fsp3) is 0.318. The summed E-state index contributed by atoms with van der Waals surface area (Å²) in [6, 6.07) is 6.73. The fourth-order valence-corrected chi connectivity index (χ4v) is 5.40. The van der Waals surface area contributed by atoms with Crippen LogP contribution in [0.15, 0.2) is 52.1 Å². The molecule has 0 bridgehead atoms. The normalized spacial score (nSPS) is 16.0. The molecule has 0 saturated carbocycles. The van der Waals surface area contributed by atoms with Crippen molar-refractivity contribution in [3.8, 4) is 10.6 Å². The highest BCUT2D eigenvalue weighted by molar-refractivity contribution is 7.15. The lowest BCUT2D eigenvalue weighted by Crippen LogP contribution is -2.45. The van der Waals surface area contributed by atoms with Crippen LogP contribution in [0, 0.1) is 0 Å². The van der Waals surface area contributed by atoms with Gasteiger partial charge in [-0.15, -0.1) is 22.7 Å². The second kappa shape index (κ2) is 8.98. The summed E-state index contributed by atoms with van der Waals surface area (Å²) in [5.41, 5.74) is 1.69. The molecular formula is C22H20F3N5OS2. The van der Waals surface area contributed by atoms with Crippen molar-refractivity contribution in [2.24, 2.45) is 0 Å². The molecule has 1 aliphatic rings. The van der Waals surface area contributed by atoms with Crippen molar-refractivity contribution in [1.82, 2.24) is 24.2 Å². The zero-order chi connectivity index (χ0) is 23.0. The first-order valence-corrected chi connectivity index (χ1v) is 12.1. The molecule has 33 heavy (non-hydrogen) atoms. The van der Waals surface area contributed by atoms with Crippen LogP contribution < -0.4 is 5.56 Å². The van der Waals surface area contributed by atoms with E-state index in [0.29, 0.717) is 23.6 Å². The molecule has 0 spiro atoms. The van der Waals surface area contributed by atoms with Crippen molar-refractivity contribution in [2.75, 3.05) is 26.2 Å². The molecule has 0 unspecified atom stereocenters. The van der Waals surface area contributed by atoms with Gasteiger partial charge in [0.2, 0.25) is 0 Å². The summed E-state index contributed by atoms with van der Waals surface area (Å²) in [5, 5.41) is 4.54. The second-order valence-electron chi connectivity index (χ2n) is 7.91. The number of benzene rings is 1. The summed E-state index contributed by atoms with van der Waals surface area (Å²) in [4.78, 5) is 26.7. The fourth-order valence-electron chi connectivity index (χ4n) is 3.85. The Morgan fingerprint density at radius 2 is 1.58 bits per heavy atom. The summed E-state index contributed by atoms with van der Waals surface area (Å²) < 4.78 is 39.8. The lowest BCUT2D eigenvalue weighted by molar-refractivity contribution is -0.137. The van der Waals surface area contributed by atoms with Gasteiger partial charge in [0.1, 0.15) is 5.01 Å². The number of halogens is 3. The molecule has 0 radical (unpaired) electrons. The van der Waals surface area contributed by atoms with E-state index in [2.05, 4.69) is 19.8 Å². The van der Waals surface area contributed by atoms with E-state index < -0.39 is 11.7 Å². The number of hydrogen-bond donors (Lipinski definition) is 0. The lowest BCUT2D eigenvalue weighted by Gasteiger charge is -2.34. The molecule has 0 amide bonds. The smallest absolute Gasteiger partial charge is 0.295 e. The number of fused-ring (bicyclic) bond motifs is 1. The molecule has 11 heteroatoms. The van der Waals surface area contributed by atoms with Gasteiger partial charge < -0.3 is 0 Å². The molecule has 6 nitrogen and oxygen atoms in total. The van der Waals surface area contributed by atoms with Crippen molar-refractivity contribution in [3.05, 3.63) is 74.6 Å². The minimum atomic E-state index is -4.34. The molecule has 4 heterocycles. The Balaban J connectivity index is 1.16. The van der Waals surface area contributed by atoms with Crippen LogP contribution >= 0.6 is 22.7 Å². The number of aromatic nitrogens is 3. The summed E-state index contributed by atoms with van der Waals surface area (Å²) in [7, 11) is 0. The zero-order valence-electron chi connectivity index (χ0n) is 17.5. The van der Waals surface area contributed by atoms with E-state index >= 15 is 0 Å². The molecule has 3 aromatic heterocycles. The van der Waals surface area contributed by atoms with E-state index in [1.807, 2.05) is 10.8 Å². The van der Waals surface area contributed by atoms with Gasteiger partial charge in [0.05, 0.1) is 17.0 Å². The van der Waals surface area contributed by atoms with Gasteiger partial charge in [-0.25, -0.2) is 9.97 Å². The van der Waals surface area contributed by atoms with Crippen LogP contribution in [0.1, 0.15) is 17.0 Å². The Hall–Kier alpha value is -2.60. The first-order valence-electron chi connectivity index (χ1n) is 10.4. The monoisotopic (exact) mass is 491 g/mol. The molecule has 0 N–H and O–H groups in total. The topological polar surface area (TPSA) is 53.7 Å². The van der Waals surface area contributed by atoms with Gasteiger partial charge in [0.15, 0.2) is 4.96 Å². The average molecular weight is 492 g/mol. The molecule has 0 aliphatic carbocycles. The van der Waals surface area contributed by atoms with Crippen LogP contribution in [0.5, 0.6) is 0 Å².